The van der Waals surface area contributed by atoms with Crippen LogP contribution in [0.25, 0.3) is 22.0 Å². The van der Waals surface area contributed by atoms with E-state index in [0.29, 0.717) is 54.5 Å². The molecule has 38 heavy (non-hydrogen) atoms. The highest BCUT2D eigenvalue weighted by molar-refractivity contribution is 6.03. The van der Waals surface area contributed by atoms with Gasteiger partial charge in [-0.2, -0.15) is 13.2 Å². The lowest BCUT2D eigenvalue weighted by molar-refractivity contribution is -0.137. The number of nitrogens with zero attached hydrogens (tertiary/aromatic N) is 2. The predicted octanol–water partition coefficient (Wildman–Crippen LogP) is 5.71. The number of carbonyl (C=O) groups excluding carboxylic acids is 1. The summed E-state index contributed by atoms with van der Waals surface area (Å²) >= 11 is 0. The summed E-state index contributed by atoms with van der Waals surface area (Å²) in [7, 11) is 0. The second-order valence-corrected chi connectivity index (χ2v) is 8.78. The number of anilines is 3. The van der Waals surface area contributed by atoms with Crippen molar-refractivity contribution >= 4 is 34.2 Å². The third-order valence-electron chi connectivity index (χ3n) is 6.24. The molecular formula is C26H23F4N5O3. The van der Waals surface area contributed by atoms with Crippen LogP contribution in [0.1, 0.15) is 11.1 Å². The molecule has 1 saturated heterocycles. The van der Waals surface area contributed by atoms with E-state index in [1.807, 2.05) is 12.1 Å². The number of hydrogen-bond acceptors (Lipinski definition) is 6. The Kier molecular flexibility index (Phi) is 6.91. The first kappa shape index (κ1) is 25.5. The number of hydrogen-bond donors (Lipinski definition) is 3. The van der Waals surface area contributed by atoms with Crippen LogP contribution in [0.3, 0.4) is 0 Å². The summed E-state index contributed by atoms with van der Waals surface area (Å²) in [5.41, 5.74) is 7.99. The number of ether oxygens (including phenoxy) is 1. The monoisotopic (exact) mass is 529 g/mol. The van der Waals surface area contributed by atoms with Gasteiger partial charge in [0.2, 0.25) is 5.88 Å². The Morgan fingerprint density at radius 2 is 1.76 bits per heavy atom. The third-order valence-corrected chi connectivity index (χ3v) is 6.24. The van der Waals surface area contributed by atoms with Crippen LogP contribution in [-0.2, 0) is 17.5 Å². The molecule has 1 aromatic heterocycles. The molecule has 2 amide bonds. The number of aromatic nitrogens is 1. The highest BCUT2D eigenvalue weighted by Crippen LogP contribution is 2.36. The molecule has 3 aromatic carbocycles. The highest BCUT2D eigenvalue weighted by Gasteiger charge is 2.31. The van der Waals surface area contributed by atoms with Crippen molar-refractivity contribution in [2.45, 2.75) is 12.7 Å². The Labute approximate surface area is 214 Å². The van der Waals surface area contributed by atoms with Crippen molar-refractivity contribution in [3.63, 3.8) is 0 Å². The first-order valence-electron chi connectivity index (χ1n) is 11.7. The van der Waals surface area contributed by atoms with Crippen LogP contribution in [0, 0.1) is 5.82 Å². The molecular weight excluding hydrogens is 506 g/mol. The molecule has 5 rings (SSSR count). The minimum absolute atomic E-state index is 0.184. The lowest BCUT2D eigenvalue weighted by Gasteiger charge is -2.26. The van der Waals surface area contributed by atoms with Gasteiger partial charge in [0.25, 0.3) is 0 Å². The summed E-state index contributed by atoms with van der Waals surface area (Å²) in [4.78, 5) is 14.6. The van der Waals surface area contributed by atoms with Gasteiger partial charge in [0, 0.05) is 25.3 Å². The number of nitrogens with two attached hydrogens (primary N) is 1. The molecule has 1 aliphatic rings. The molecule has 198 valence electrons. The van der Waals surface area contributed by atoms with Gasteiger partial charge in [-0.1, -0.05) is 29.4 Å². The summed E-state index contributed by atoms with van der Waals surface area (Å²) in [6, 6.07) is 11.5. The Hall–Kier alpha value is -4.16. The molecule has 0 saturated carbocycles. The molecule has 1 aliphatic heterocycles. The standard InChI is InChI=1S/C26H23F4N5O3/c27-20-8-4-17(26(28,29)30)13-21(20)33-25(36)32-18-5-1-15(2-6-18)19-7-3-16(14-35-9-11-37-12-10-35)23-22(19)24(31)38-34-23/h1-8,13H,9-12,14,31H2,(H2,32,33,36). The number of amides is 2. The Bertz CT molecular complexity index is 1460. The average molecular weight is 529 g/mol. The lowest BCUT2D eigenvalue weighted by atomic mass is 9.98. The number of morpholine rings is 1. The molecule has 1 fully saturated rings. The maximum Gasteiger partial charge on any atom is 0.416 e. The van der Waals surface area contributed by atoms with E-state index in [0.717, 1.165) is 29.8 Å². The first-order chi connectivity index (χ1) is 18.2. The van der Waals surface area contributed by atoms with Gasteiger partial charge < -0.3 is 25.6 Å². The largest absolute Gasteiger partial charge is 0.416 e. The predicted molar refractivity (Wildman–Crippen MR) is 134 cm³/mol. The number of urea groups is 1. The summed E-state index contributed by atoms with van der Waals surface area (Å²) in [5, 5.41) is 9.44. The number of rotatable bonds is 5. The maximum absolute atomic E-state index is 13.9. The molecule has 12 heteroatoms. The summed E-state index contributed by atoms with van der Waals surface area (Å²) < 4.78 is 63.4. The summed E-state index contributed by atoms with van der Waals surface area (Å²) in [6.45, 7) is 3.67. The smallest absolute Gasteiger partial charge is 0.379 e. The number of carbonyl (C=O) groups is 1. The van der Waals surface area contributed by atoms with Gasteiger partial charge >= 0.3 is 12.2 Å². The molecule has 0 atom stereocenters. The fourth-order valence-corrected chi connectivity index (χ4v) is 4.31. The second kappa shape index (κ2) is 10.3. The van der Waals surface area contributed by atoms with Crippen molar-refractivity contribution in [3.8, 4) is 11.1 Å². The van der Waals surface area contributed by atoms with Crippen LogP contribution >= 0.6 is 0 Å². The van der Waals surface area contributed by atoms with Crippen molar-refractivity contribution in [1.29, 1.82) is 0 Å². The van der Waals surface area contributed by atoms with Crippen LogP contribution in [0.2, 0.25) is 0 Å². The Balaban J connectivity index is 1.32. The van der Waals surface area contributed by atoms with E-state index in [2.05, 4.69) is 20.7 Å². The molecule has 8 nitrogen and oxygen atoms in total. The number of fused-ring (bicyclic) bond motifs is 1. The zero-order chi connectivity index (χ0) is 26.9. The van der Waals surface area contributed by atoms with Gasteiger partial charge in [0.05, 0.1) is 29.9 Å². The normalized spacial score (nSPS) is 14.5. The molecule has 0 aliphatic carbocycles. The van der Waals surface area contributed by atoms with E-state index < -0.39 is 29.3 Å². The molecule has 0 spiro atoms. The van der Waals surface area contributed by atoms with Crippen molar-refractivity contribution in [3.05, 3.63) is 71.5 Å². The molecule has 2 heterocycles. The minimum atomic E-state index is -4.67. The van der Waals surface area contributed by atoms with Crippen LogP contribution in [-0.4, -0.2) is 42.4 Å². The zero-order valence-corrected chi connectivity index (χ0v) is 19.9. The summed E-state index contributed by atoms with van der Waals surface area (Å²) in [5.74, 6) is -0.806. The Morgan fingerprint density at radius 1 is 1.03 bits per heavy atom. The Morgan fingerprint density at radius 3 is 2.47 bits per heavy atom. The van der Waals surface area contributed by atoms with Gasteiger partial charge in [-0.15, -0.1) is 0 Å². The number of halogens is 4. The fourth-order valence-electron chi connectivity index (χ4n) is 4.31. The first-order valence-corrected chi connectivity index (χ1v) is 11.7. The van der Waals surface area contributed by atoms with Gasteiger partial charge in [-0.25, -0.2) is 9.18 Å². The van der Waals surface area contributed by atoms with Crippen molar-refractivity contribution in [1.82, 2.24) is 10.1 Å². The number of nitrogen functional groups attached to an aromatic ring is 1. The maximum atomic E-state index is 13.9. The highest BCUT2D eigenvalue weighted by atomic mass is 19.4. The topological polar surface area (TPSA) is 106 Å². The van der Waals surface area contributed by atoms with E-state index in [1.165, 1.54) is 0 Å². The third kappa shape index (κ3) is 5.41. The lowest BCUT2D eigenvalue weighted by Crippen LogP contribution is -2.35. The molecule has 4 N–H and O–H groups in total. The number of alkyl halides is 3. The van der Waals surface area contributed by atoms with Crippen LogP contribution in [0.4, 0.5) is 39.6 Å². The van der Waals surface area contributed by atoms with Gasteiger partial charge in [0.1, 0.15) is 11.3 Å². The van der Waals surface area contributed by atoms with E-state index in [4.69, 9.17) is 15.0 Å². The van der Waals surface area contributed by atoms with E-state index in [-0.39, 0.29) is 5.88 Å². The van der Waals surface area contributed by atoms with Crippen molar-refractivity contribution in [2.75, 3.05) is 42.7 Å². The van der Waals surface area contributed by atoms with Gasteiger partial charge in [-0.05, 0) is 47.0 Å². The van der Waals surface area contributed by atoms with Crippen LogP contribution in [0.15, 0.2) is 59.1 Å². The van der Waals surface area contributed by atoms with Gasteiger partial charge in [-0.3, -0.25) is 4.90 Å². The number of nitrogens with one attached hydrogen (secondary N) is 2. The minimum Gasteiger partial charge on any atom is -0.379 e. The molecule has 0 unspecified atom stereocenters. The van der Waals surface area contributed by atoms with Crippen molar-refractivity contribution < 1.29 is 31.6 Å². The molecule has 4 aromatic rings. The molecule has 0 radical (unpaired) electrons. The van der Waals surface area contributed by atoms with E-state index in [9.17, 15) is 22.4 Å². The average Bonchev–Trinajstić information content (AvgIpc) is 3.28. The van der Waals surface area contributed by atoms with E-state index in [1.54, 1.807) is 24.3 Å². The number of benzene rings is 3. The SMILES string of the molecule is Nc1onc2c(CN3CCOCC3)ccc(-c3ccc(NC(=O)Nc4cc(C(F)(F)F)ccc4F)cc3)c12. The quantitative estimate of drug-likeness (QED) is 0.286. The molecule has 0 bridgehead atoms. The van der Waals surface area contributed by atoms with Crippen LogP contribution in [0.5, 0.6) is 0 Å². The second-order valence-electron chi connectivity index (χ2n) is 8.78. The van der Waals surface area contributed by atoms with Crippen LogP contribution < -0.4 is 16.4 Å². The van der Waals surface area contributed by atoms with E-state index >= 15 is 0 Å². The fraction of sp³-hybridized carbons (Fsp3) is 0.231. The van der Waals surface area contributed by atoms with Crippen molar-refractivity contribution in [2.24, 2.45) is 0 Å². The van der Waals surface area contributed by atoms with Gasteiger partial charge in [0.15, 0.2) is 0 Å². The zero-order valence-electron chi connectivity index (χ0n) is 19.9. The summed E-state index contributed by atoms with van der Waals surface area (Å²) in [6.07, 6.45) is -4.67.